The Labute approximate surface area is 185 Å². The van der Waals surface area contributed by atoms with Crippen LogP contribution in [0.4, 0.5) is 10.5 Å². The highest BCUT2D eigenvalue weighted by Gasteiger charge is 2.36. The molecule has 2 aromatic rings. The van der Waals surface area contributed by atoms with Crippen molar-refractivity contribution in [1.82, 2.24) is 5.32 Å². The fraction of sp³-hybridized carbons (Fsp3) is 0.143. The number of carboxylic acid groups (broad SMARTS) is 1. The van der Waals surface area contributed by atoms with E-state index in [2.05, 4.69) is 21.2 Å². The molecule has 10 heteroatoms. The van der Waals surface area contributed by atoms with Crippen LogP contribution in [0.1, 0.15) is 12.5 Å². The minimum atomic E-state index is -1.14. The molecular weight excluding hydrogens is 472 g/mol. The lowest BCUT2D eigenvalue weighted by atomic mass is 10.1. The van der Waals surface area contributed by atoms with Crippen LogP contribution >= 0.6 is 15.9 Å². The van der Waals surface area contributed by atoms with Crippen molar-refractivity contribution in [2.75, 3.05) is 12.0 Å². The molecule has 1 fully saturated rings. The molecule has 0 unspecified atom stereocenters. The molecule has 0 bridgehead atoms. The first-order chi connectivity index (χ1) is 14.7. The number of amides is 4. The van der Waals surface area contributed by atoms with Gasteiger partial charge >= 0.3 is 12.0 Å². The first-order valence-corrected chi connectivity index (χ1v) is 9.75. The van der Waals surface area contributed by atoms with Crippen molar-refractivity contribution in [2.45, 2.75) is 13.0 Å². The fourth-order valence-electron chi connectivity index (χ4n) is 2.76. The number of ether oxygens (including phenoxy) is 2. The van der Waals surface area contributed by atoms with E-state index >= 15 is 0 Å². The third-order valence-corrected chi connectivity index (χ3v) is 4.87. The maximum Gasteiger partial charge on any atom is 0.344 e. The SMILES string of the molecule is COc1cc(/C=C2\C(=O)NC(=O)N(c3ccc(Br)cc3)C2=O)ccc1O[C@H](C)C(=O)O. The lowest BCUT2D eigenvalue weighted by Crippen LogP contribution is -2.54. The number of methoxy groups -OCH3 is 1. The molecule has 9 nitrogen and oxygen atoms in total. The van der Waals surface area contributed by atoms with Crippen molar-refractivity contribution in [3.8, 4) is 11.5 Å². The van der Waals surface area contributed by atoms with Crippen LogP contribution in [0, 0.1) is 0 Å². The van der Waals surface area contributed by atoms with E-state index in [1.54, 1.807) is 24.3 Å². The first-order valence-electron chi connectivity index (χ1n) is 8.95. The van der Waals surface area contributed by atoms with E-state index in [0.29, 0.717) is 11.3 Å². The van der Waals surface area contributed by atoms with Gasteiger partial charge in [0.15, 0.2) is 17.6 Å². The molecule has 31 heavy (non-hydrogen) atoms. The number of halogens is 1. The topological polar surface area (TPSA) is 122 Å². The van der Waals surface area contributed by atoms with Crippen LogP contribution in [0.2, 0.25) is 0 Å². The standard InChI is InChI=1S/C21H17BrN2O7/c1-11(20(27)28)31-16-8-3-12(10-17(16)30-2)9-15-18(25)23-21(29)24(19(15)26)14-6-4-13(22)5-7-14/h3-11H,1-2H3,(H,27,28)(H,23,25,29)/b15-9+/t11-/m1/s1. The van der Waals surface area contributed by atoms with E-state index in [-0.39, 0.29) is 17.1 Å². The Morgan fingerprint density at radius 2 is 1.81 bits per heavy atom. The Kier molecular flexibility index (Phi) is 6.40. The molecule has 1 saturated heterocycles. The minimum absolute atomic E-state index is 0.186. The van der Waals surface area contributed by atoms with Crippen molar-refractivity contribution in [3.63, 3.8) is 0 Å². The molecule has 0 radical (unpaired) electrons. The number of rotatable bonds is 6. The smallest absolute Gasteiger partial charge is 0.344 e. The van der Waals surface area contributed by atoms with Crippen molar-refractivity contribution in [2.24, 2.45) is 0 Å². The van der Waals surface area contributed by atoms with E-state index in [0.717, 1.165) is 9.37 Å². The first kappa shape index (κ1) is 22.0. The van der Waals surface area contributed by atoms with Crippen molar-refractivity contribution in [1.29, 1.82) is 0 Å². The highest BCUT2D eigenvalue weighted by molar-refractivity contribution is 9.10. The summed E-state index contributed by atoms with van der Waals surface area (Å²) in [6.45, 7) is 1.37. The van der Waals surface area contributed by atoms with Gasteiger partial charge in [-0.1, -0.05) is 22.0 Å². The summed E-state index contributed by atoms with van der Waals surface area (Å²) in [7, 11) is 1.37. The molecule has 1 aliphatic heterocycles. The van der Waals surface area contributed by atoms with Crippen molar-refractivity contribution >= 4 is 51.5 Å². The van der Waals surface area contributed by atoms with Crippen LogP contribution in [0.3, 0.4) is 0 Å². The van der Waals surface area contributed by atoms with E-state index < -0.39 is 29.9 Å². The zero-order valence-electron chi connectivity index (χ0n) is 16.4. The highest BCUT2D eigenvalue weighted by atomic mass is 79.9. The Bertz CT molecular complexity index is 1100. The van der Waals surface area contributed by atoms with Gasteiger partial charge in [-0.15, -0.1) is 0 Å². The summed E-state index contributed by atoms with van der Waals surface area (Å²) >= 11 is 3.28. The second-order valence-corrected chi connectivity index (χ2v) is 7.36. The molecule has 4 amide bonds. The summed E-state index contributed by atoms with van der Waals surface area (Å²) in [5.74, 6) is -2.36. The third-order valence-electron chi connectivity index (χ3n) is 4.34. The van der Waals surface area contributed by atoms with E-state index in [9.17, 15) is 19.2 Å². The van der Waals surface area contributed by atoms with Gasteiger partial charge in [-0.05, 0) is 55.0 Å². The van der Waals surface area contributed by atoms with E-state index in [1.165, 1.54) is 38.3 Å². The number of benzene rings is 2. The molecule has 1 aliphatic rings. The van der Waals surface area contributed by atoms with Gasteiger partial charge in [-0.25, -0.2) is 14.5 Å². The van der Waals surface area contributed by atoms with Gasteiger partial charge in [-0.3, -0.25) is 14.9 Å². The average Bonchev–Trinajstić information content (AvgIpc) is 2.73. The fourth-order valence-corrected chi connectivity index (χ4v) is 3.03. The second kappa shape index (κ2) is 9.00. The van der Waals surface area contributed by atoms with Crippen molar-refractivity contribution < 1.29 is 33.8 Å². The van der Waals surface area contributed by atoms with Crippen LogP contribution in [-0.2, 0) is 14.4 Å². The number of nitrogens with one attached hydrogen (secondary N) is 1. The predicted octanol–water partition coefficient (Wildman–Crippen LogP) is 2.98. The normalized spacial score (nSPS) is 16.2. The quantitative estimate of drug-likeness (QED) is 0.473. The Morgan fingerprint density at radius 1 is 1.13 bits per heavy atom. The summed E-state index contributed by atoms with van der Waals surface area (Å²) in [6, 6.07) is 10.1. The number of carbonyl (C=O) groups is 4. The molecule has 0 aromatic heterocycles. The van der Waals surface area contributed by atoms with Gasteiger partial charge in [0.1, 0.15) is 5.57 Å². The van der Waals surface area contributed by atoms with Crippen molar-refractivity contribution in [3.05, 3.63) is 58.1 Å². The predicted molar refractivity (Wildman–Crippen MR) is 114 cm³/mol. The average molecular weight is 489 g/mol. The maximum atomic E-state index is 12.9. The third kappa shape index (κ3) is 4.75. The van der Waals surface area contributed by atoms with Crippen LogP contribution in [0.5, 0.6) is 11.5 Å². The number of urea groups is 1. The van der Waals surface area contributed by atoms with Gasteiger partial charge in [0.05, 0.1) is 12.8 Å². The Balaban J connectivity index is 1.94. The zero-order valence-corrected chi connectivity index (χ0v) is 18.0. The Hall–Kier alpha value is -3.66. The van der Waals surface area contributed by atoms with Crippen LogP contribution in [0.15, 0.2) is 52.5 Å². The number of carbonyl (C=O) groups excluding carboxylic acids is 3. The van der Waals surface area contributed by atoms with Gasteiger partial charge < -0.3 is 14.6 Å². The van der Waals surface area contributed by atoms with Crippen LogP contribution < -0.4 is 19.7 Å². The minimum Gasteiger partial charge on any atom is -0.493 e. The number of carboxylic acids is 1. The monoisotopic (exact) mass is 488 g/mol. The molecule has 1 heterocycles. The maximum absolute atomic E-state index is 12.9. The van der Waals surface area contributed by atoms with Gasteiger partial charge in [0.25, 0.3) is 11.8 Å². The number of imide groups is 2. The number of barbiturate groups is 1. The highest BCUT2D eigenvalue weighted by Crippen LogP contribution is 2.31. The summed E-state index contributed by atoms with van der Waals surface area (Å²) in [5, 5.41) is 11.1. The van der Waals surface area contributed by atoms with Crippen LogP contribution in [0.25, 0.3) is 6.08 Å². The summed E-state index contributed by atoms with van der Waals surface area (Å²) in [5.41, 5.74) is 0.459. The summed E-state index contributed by atoms with van der Waals surface area (Å²) in [6.07, 6.45) is 0.206. The molecule has 0 spiro atoms. The van der Waals surface area contributed by atoms with Gasteiger partial charge in [0.2, 0.25) is 0 Å². The summed E-state index contributed by atoms with van der Waals surface area (Å²) in [4.78, 5) is 49.4. The molecule has 160 valence electrons. The molecule has 3 rings (SSSR count). The molecule has 2 N–H and O–H groups in total. The lowest BCUT2D eigenvalue weighted by Gasteiger charge is -2.26. The number of aliphatic carboxylic acids is 1. The lowest BCUT2D eigenvalue weighted by molar-refractivity contribution is -0.144. The van der Waals surface area contributed by atoms with E-state index in [4.69, 9.17) is 14.6 Å². The largest absolute Gasteiger partial charge is 0.493 e. The zero-order chi connectivity index (χ0) is 22.7. The molecular formula is C21H17BrN2O7. The molecule has 0 saturated carbocycles. The molecule has 0 aliphatic carbocycles. The number of nitrogens with zero attached hydrogens (tertiary/aromatic N) is 1. The second-order valence-electron chi connectivity index (χ2n) is 6.44. The summed E-state index contributed by atoms with van der Waals surface area (Å²) < 4.78 is 11.3. The van der Waals surface area contributed by atoms with Crippen LogP contribution in [-0.4, -0.2) is 42.1 Å². The number of hydrogen-bond donors (Lipinski definition) is 2. The number of anilines is 1. The molecule has 1 atom stereocenters. The molecule has 2 aromatic carbocycles. The van der Waals surface area contributed by atoms with Gasteiger partial charge in [-0.2, -0.15) is 0 Å². The van der Waals surface area contributed by atoms with E-state index in [1.807, 2.05) is 0 Å². The number of hydrogen-bond acceptors (Lipinski definition) is 6. The van der Waals surface area contributed by atoms with Gasteiger partial charge in [0, 0.05) is 4.47 Å². The Morgan fingerprint density at radius 3 is 2.42 bits per heavy atom.